The molecule has 1 aromatic carbocycles. The molecule has 0 aliphatic heterocycles. The number of alkyl halides is 3. The summed E-state index contributed by atoms with van der Waals surface area (Å²) in [6.07, 6.45) is -3.35. The monoisotopic (exact) mass is 453 g/mol. The average molecular weight is 454 g/mol. The SMILES string of the molecule is Cc1cc(Cl)cc2c(=O)n(C)c(-c3cc(C(F)(F)F)nn3-c3ncccc3Cl)nc12. The highest BCUT2D eigenvalue weighted by molar-refractivity contribution is 6.32. The number of aryl methyl sites for hydroxylation is 1. The van der Waals surface area contributed by atoms with Crippen LogP contribution < -0.4 is 5.56 Å². The predicted octanol–water partition coefficient (Wildman–Crippen LogP) is 4.82. The molecule has 3 aromatic heterocycles. The van der Waals surface area contributed by atoms with Gasteiger partial charge in [-0.05, 0) is 36.8 Å². The molecule has 6 nitrogen and oxygen atoms in total. The van der Waals surface area contributed by atoms with Crippen molar-refractivity contribution in [2.45, 2.75) is 13.1 Å². The lowest BCUT2D eigenvalue weighted by atomic mass is 10.1. The van der Waals surface area contributed by atoms with Gasteiger partial charge in [0.25, 0.3) is 5.56 Å². The van der Waals surface area contributed by atoms with Gasteiger partial charge in [-0.3, -0.25) is 9.36 Å². The zero-order valence-corrected chi connectivity index (χ0v) is 17.0. The van der Waals surface area contributed by atoms with E-state index in [1.54, 1.807) is 13.0 Å². The molecule has 30 heavy (non-hydrogen) atoms. The fourth-order valence-corrected chi connectivity index (χ4v) is 3.58. The van der Waals surface area contributed by atoms with E-state index in [4.69, 9.17) is 23.2 Å². The molecular weight excluding hydrogens is 442 g/mol. The van der Waals surface area contributed by atoms with Crippen LogP contribution in [0.2, 0.25) is 10.0 Å². The Labute approximate surface area is 177 Å². The van der Waals surface area contributed by atoms with Gasteiger partial charge in [0.05, 0.1) is 15.9 Å². The number of aromatic nitrogens is 5. The van der Waals surface area contributed by atoms with E-state index in [0.717, 1.165) is 15.3 Å². The van der Waals surface area contributed by atoms with E-state index in [0.29, 0.717) is 16.1 Å². The van der Waals surface area contributed by atoms with E-state index in [-0.39, 0.29) is 27.7 Å². The van der Waals surface area contributed by atoms with Crippen LogP contribution in [0, 0.1) is 6.92 Å². The van der Waals surface area contributed by atoms with Gasteiger partial charge in [0.15, 0.2) is 17.3 Å². The van der Waals surface area contributed by atoms with Gasteiger partial charge in [0.2, 0.25) is 0 Å². The maximum absolute atomic E-state index is 13.4. The Balaban J connectivity index is 2.09. The summed E-state index contributed by atoms with van der Waals surface area (Å²) in [6.45, 7) is 1.71. The van der Waals surface area contributed by atoms with Gasteiger partial charge in [-0.2, -0.15) is 18.3 Å². The molecule has 0 fully saturated rings. The minimum absolute atomic E-state index is 0.0214. The van der Waals surface area contributed by atoms with E-state index in [1.165, 1.54) is 31.4 Å². The van der Waals surface area contributed by atoms with Crippen LogP contribution in [-0.2, 0) is 13.2 Å². The minimum atomic E-state index is -4.72. The quantitative estimate of drug-likeness (QED) is 0.436. The van der Waals surface area contributed by atoms with Crippen molar-refractivity contribution in [2.24, 2.45) is 7.05 Å². The molecule has 4 aromatic rings. The topological polar surface area (TPSA) is 65.6 Å². The zero-order chi connectivity index (χ0) is 21.8. The Morgan fingerprint density at radius 3 is 2.53 bits per heavy atom. The number of hydrogen-bond acceptors (Lipinski definition) is 4. The lowest BCUT2D eigenvalue weighted by Crippen LogP contribution is -2.21. The first-order chi connectivity index (χ1) is 14.1. The highest BCUT2D eigenvalue weighted by Gasteiger charge is 2.36. The van der Waals surface area contributed by atoms with Crippen LogP contribution in [-0.4, -0.2) is 24.3 Å². The fourth-order valence-electron chi connectivity index (χ4n) is 3.11. The smallest absolute Gasteiger partial charge is 0.294 e. The maximum atomic E-state index is 13.4. The van der Waals surface area contributed by atoms with Crippen LogP contribution in [0.3, 0.4) is 0 Å². The van der Waals surface area contributed by atoms with Crippen molar-refractivity contribution in [3.63, 3.8) is 0 Å². The van der Waals surface area contributed by atoms with E-state index in [2.05, 4.69) is 15.1 Å². The van der Waals surface area contributed by atoms with Gasteiger partial charge in [-0.1, -0.05) is 23.2 Å². The first kappa shape index (κ1) is 20.4. The molecule has 3 heterocycles. The molecule has 0 spiro atoms. The number of rotatable bonds is 2. The first-order valence-electron chi connectivity index (χ1n) is 8.53. The number of fused-ring (bicyclic) bond motifs is 1. The summed E-state index contributed by atoms with van der Waals surface area (Å²) in [4.78, 5) is 21.4. The third-order valence-corrected chi connectivity index (χ3v) is 5.02. The summed E-state index contributed by atoms with van der Waals surface area (Å²) >= 11 is 12.2. The maximum Gasteiger partial charge on any atom is 0.435 e. The Bertz CT molecular complexity index is 1360. The van der Waals surface area contributed by atoms with Gasteiger partial charge < -0.3 is 0 Å². The molecular formula is C19H12Cl2F3N5O. The number of hydrogen-bond donors (Lipinski definition) is 0. The Hall–Kier alpha value is -2.91. The molecule has 0 unspecified atom stereocenters. The van der Waals surface area contributed by atoms with Crippen molar-refractivity contribution in [1.82, 2.24) is 24.3 Å². The predicted molar refractivity (Wildman–Crippen MR) is 107 cm³/mol. The van der Waals surface area contributed by atoms with Crippen LogP contribution in [0.4, 0.5) is 13.2 Å². The molecule has 0 aliphatic rings. The Morgan fingerprint density at radius 2 is 1.87 bits per heavy atom. The largest absolute Gasteiger partial charge is 0.435 e. The molecule has 0 amide bonds. The summed E-state index contributed by atoms with van der Waals surface area (Å²) in [5.74, 6) is -0.0468. The second kappa shape index (κ2) is 7.10. The van der Waals surface area contributed by atoms with Gasteiger partial charge >= 0.3 is 6.18 Å². The second-order valence-corrected chi connectivity index (χ2v) is 7.40. The summed E-state index contributed by atoms with van der Waals surface area (Å²) in [5, 5.41) is 4.34. The Morgan fingerprint density at radius 1 is 1.13 bits per heavy atom. The lowest BCUT2D eigenvalue weighted by Gasteiger charge is -2.12. The lowest BCUT2D eigenvalue weighted by molar-refractivity contribution is -0.141. The average Bonchev–Trinajstić information content (AvgIpc) is 3.11. The summed E-state index contributed by atoms with van der Waals surface area (Å²) in [5.41, 5.74) is -0.783. The highest BCUT2D eigenvalue weighted by Crippen LogP contribution is 2.34. The molecule has 0 radical (unpaired) electrons. The first-order valence-corrected chi connectivity index (χ1v) is 9.29. The normalized spacial score (nSPS) is 12.0. The molecule has 11 heteroatoms. The molecule has 0 N–H and O–H groups in total. The molecule has 0 saturated carbocycles. The second-order valence-electron chi connectivity index (χ2n) is 6.55. The van der Waals surface area contributed by atoms with Gasteiger partial charge in [-0.15, -0.1) is 0 Å². The van der Waals surface area contributed by atoms with Crippen molar-refractivity contribution >= 4 is 34.1 Å². The molecule has 154 valence electrons. The van der Waals surface area contributed by atoms with Crippen LogP contribution in [0.1, 0.15) is 11.3 Å². The summed E-state index contributed by atoms with van der Waals surface area (Å²) in [6, 6.07) is 6.91. The molecule has 0 bridgehead atoms. The molecule has 0 saturated heterocycles. The minimum Gasteiger partial charge on any atom is -0.294 e. The van der Waals surface area contributed by atoms with Crippen molar-refractivity contribution in [1.29, 1.82) is 0 Å². The van der Waals surface area contributed by atoms with Crippen molar-refractivity contribution < 1.29 is 13.2 Å². The Kier molecular flexibility index (Phi) is 4.82. The van der Waals surface area contributed by atoms with Crippen LogP contribution >= 0.6 is 23.2 Å². The number of halogens is 5. The highest BCUT2D eigenvalue weighted by atomic mass is 35.5. The molecule has 4 rings (SSSR count). The van der Waals surface area contributed by atoms with Crippen molar-refractivity contribution in [3.8, 4) is 17.3 Å². The van der Waals surface area contributed by atoms with E-state index in [9.17, 15) is 18.0 Å². The third-order valence-electron chi connectivity index (χ3n) is 4.50. The number of pyridine rings is 1. The molecule has 0 aliphatic carbocycles. The van der Waals surface area contributed by atoms with Gasteiger partial charge in [0, 0.05) is 24.3 Å². The molecule has 0 atom stereocenters. The third kappa shape index (κ3) is 3.33. The van der Waals surface area contributed by atoms with E-state index >= 15 is 0 Å². The van der Waals surface area contributed by atoms with Crippen molar-refractivity contribution in [2.75, 3.05) is 0 Å². The summed E-state index contributed by atoms with van der Waals surface area (Å²) in [7, 11) is 1.41. The fraction of sp³-hybridized carbons (Fsp3) is 0.158. The zero-order valence-electron chi connectivity index (χ0n) is 15.5. The van der Waals surface area contributed by atoms with Crippen LogP contribution in [0.25, 0.3) is 28.2 Å². The van der Waals surface area contributed by atoms with Crippen LogP contribution in [0.15, 0.2) is 41.3 Å². The van der Waals surface area contributed by atoms with Crippen molar-refractivity contribution in [3.05, 3.63) is 68.2 Å². The number of benzene rings is 1. The van der Waals surface area contributed by atoms with Gasteiger partial charge in [-0.25, -0.2) is 14.6 Å². The van der Waals surface area contributed by atoms with E-state index < -0.39 is 17.4 Å². The van der Waals surface area contributed by atoms with Gasteiger partial charge in [0.1, 0.15) is 5.69 Å². The number of nitrogens with zero attached hydrogens (tertiary/aromatic N) is 5. The summed E-state index contributed by atoms with van der Waals surface area (Å²) < 4.78 is 42.3. The standard InChI is InChI=1S/C19H12Cl2F3N5O/c1-9-6-10(20)7-11-15(9)26-17(28(2)18(11)30)13-8-14(19(22,23)24)27-29(13)16-12(21)4-3-5-25-16/h3-8H,1-2H3. The van der Waals surface area contributed by atoms with E-state index in [1.807, 2.05) is 0 Å². The van der Waals surface area contributed by atoms with Crippen LogP contribution in [0.5, 0.6) is 0 Å².